The second-order valence-corrected chi connectivity index (χ2v) is 7.76. The number of hydrogen-bond donors (Lipinski definition) is 3. The van der Waals surface area contributed by atoms with Gasteiger partial charge in [0.05, 0.1) is 4.90 Å². The van der Waals surface area contributed by atoms with Gasteiger partial charge >= 0.3 is 0 Å². The second-order valence-electron chi connectivity index (χ2n) is 6.20. The number of hydrogen-bond acceptors (Lipinski definition) is 4. The summed E-state index contributed by atoms with van der Waals surface area (Å²) in [6.45, 7) is 6.00. The summed E-state index contributed by atoms with van der Waals surface area (Å²) in [6, 6.07) is 13.2. The van der Waals surface area contributed by atoms with Crippen molar-refractivity contribution in [1.29, 1.82) is 0 Å². The summed E-state index contributed by atoms with van der Waals surface area (Å²) in [5.41, 5.74) is 2.59. The van der Waals surface area contributed by atoms with Crippen LogP contribution in [0.25, 0.3) is 0 Å². The molecule has 0 aliphatic rings. The Kier molecular flexibility index (Phi) is 5.81. The first-order chi connectivity index (χ1) is 11.7. The van der Waals surface area contributed by atoms with E-state index in [-0.39, 0.29) is 10.8 Å². The van der Waals surface area contributed by atoms with E-state index in [2.05, 4.69) is 24.5 Å². The van der Waals surface area contributed by atoms with Crippen LogP contribution in [-0.2, 0) is 14.8 Å². The molecule has 0 heterocycles. The zero-order valence-corrected chi connectivity index (χ0v) is 15.3. The zero-order valence-electron chi connectivity index (χ0n) is 14.5. The normalized spacial score (nSPS) is 12.7. The van der Waals surface area contributed by atoms with E-state index in [1.165, 1.54) is 29.8 Å². The molecule has 0 fully saturated rings. The summed E-state index contributed by atoms with van der Waals surface area (Å²) >= 11 is 0. The highest BCUT2D eigenvalue weighted by Gasteiger charge is 2.14. The molecule has 0 radical (unpaired) electrons. The molecule has 0 saturated heterocycles. The lowest BCUT2D eigenvalue weighted by atomic mass is 10.0. The third-order valence-electron chi connectivity index (χ3n) is 3.80. The van der Waals surface area contributed by atoms with Gasteiger partial charge in [-0.1, -0.05) is 26.0 Å². The van der Waals surface area contributed by atoms with E-state index in [0.717, 1.165) is 5.69 Å². The number of benzene rings is 2. The van der Waals surface area contributed by atoms with Crippen molar-refractivity contribution in [2.24, 2.45) is 5.14 Å². The largest absolute Gasteiger partial charge is 0.374 e. The Morgan fingerprint density at radius 2 is 1.44 bits per heavy atom. The number of primary sulfonamides is 1. The molecule has 2 rings (SSSR count). The fraction of sp³-hybridized carbons (Fsp3) is 0.278. The van der Waals surface area contributed by atoms with E-state index < -0.39 is 16.1 Å². The SMILES string of the molecule is CC(C)c1ccc(N[C@@H](C)C(=O)Nc2ccc(S(N)(=O)=O)cc2)cc1. The van der Waals surface area contributed by atoms with Gasteiger partial charge in [-0.15, -0.1) is 0 Å². The average Bonchev–Trinajstić information content (AvgIpc) is 2.55. The van der Waals surface area contributed by atoms with E-state index in [1.807, 2.05) is 24.3 Å². The number of nitrogens with one attached hydrogen (secondary N) is 2. The molecule has 1 atom stereocenters. The number of carbonyl (C=O) groups excluding carboxylic acids is 1. The van der Waals surface area contributed by atoms with Gasteiger partial charge in [-0.25, -0.2) is 13.6 Å². The van der Waals surface area contributed by atoms with Crippen molar-refractivity contribution in [3.8, 4) is 0 Å². The Morgan fingerprint density at radius 1 is 0.920 bits per heavy atom. The molecule has 0 aliphatic carbocycles. The average molecular weight is 361 g/mol. The number of rotatable bonds is 6. The van der Waals surface area contributed by atoms with E-state index in [9.17, 15) is 13.2 Å². The van der Waals surface area contributed by atoms with Gasteiger partial charge in [-0.05, 0) is 54.8 Å². The first kappa shape index (κ1) is 19.0. The highest BCUT2D eigenvalue weighted by molar-refractivity contribution is 7.89. The van der Waals surface area contributed by atoms with Crippen molar-refractivity contribution in [3.63, 3.8) is 0 Å². The van der Waals surface area contributed by atoms with Crippen LogP contribution < -0.4 is 15.8 Å². The molecule has 0 aromatic heterocycles. The Labute approximate surface area is 148 Å². The Balaban J connectivity index is 1.98. The maximum atomic E-state index is 12.3. The molecule has 0 unspecified atom stereocenters. The van der Waals surface area contributed by atoms with Crippen LogP contribution in [0.15, 0.2) is 53.4 Å². The number of amides is 1. The molecule has 1 amide bonds. The van der Waals surface area contributed by atoms with Crippen molar-refractivity contribution < 1.29 is 13.2 Å². The Morgan fingerprint density at radius 3 is 1.92 bits per heavy atom. The maximum absolute atomic E-state index is 12.3. The fourth-order valence-electron chi connectivity index (χ4n) is 2.26. The van der Waals surface area contributed by atoms with E-state index in [0.29, 0.717) is 11.6 Å². The summed E-state index contributed by atoms with van der Waals surface area (Å²) < 4.78 is 22.4. The zero-order chi connectivity index (χ0) is 18.6. The minimum Gasteiger partial charge on any atom is -0.374 e. The molecular formula is C18H23N3O3S. The molecule has 134 valence electrons. The summed E-state index contributed by atoms with van der Waals surface area (Å²) in [5, 5.41) is 10.9. The number of sulfonamides is 1. The van der Waals surface area contributed by atoms with Crippen LogP contribution in [0.1, 0.15) is 32.3 Å². The van der Waals surface area contributed by atoms with Gasteiger partial charge in [0.15, 0.2) is 0 Å². The second kappa shape index (κ2) is 7.67. The van der Waals surface area contributed by atoms with Gasteiger partial charge in [-0.2, -0.15) is 0 Å². The van der Waals surface area contributed by atoms with Crippen LogP contribution in [0.3, 0.4) is 0 Å². The lowest BCUT2D eigenvalue weighted by molar-refractivity contribution is -0.116. The molecule has 2 aromatic rings. The predicted molar refractivity (Wildman–Crippen MR) is 100 cm³/mol. The standard InChI is InChI=1S/C18H23N3O3S/c1-12(2)14-4-6-15(7-5-14)20-13(3)18(22)21-16-8-10-17(11-9-16)25(19,23)24/h4-13,20H,1-3H3,(H,21,22)(H2,19,23,24)/t13-/m0/s1. The summed E-state index contributed by atoms with van der Waals surface area (Å²) in [4.78, 5) is 12.3. The highest BCUT2D eigenvalue weighted by Crippen LogP contribution is 2.18. The van der Waals surface area contributed by atoms with E-state index >= 15 is 0 Å². The number of nitrogens with two attached hydrogens (primary N) is 1. The van der Waals surface area contributed by atoms with Gasteiger partial charge < -0.3 is 10.6 Å². The highest BCUT2D eigenvalue weighted by atomic mass is 32.2. The van der Waals surface area contributed by atoms with E-state index in [1.54, 1.807) is 6.92 Å². The van der Waals surface area contributed by atoms with Gasteiger partial charge in [0.1, 0.15) is 6.04 Å². The Bertz CT molecular complexity index is 829. The first-order valence-corrected chi connectivity index (χ1v) is 9.51. The van der Waals surface area contributed by atoms with Crippen molar-refractivity contribution in [2.75, 3.05) is 10.6 Å². The van der Waals surface area contributed by atoms with Gasteiger partial charge in [0.2, 0.25) is 15.9 Å². The van der Waals surface area contributed by atoms with Gasteiger partial charge in [0.25, 0.3) is 0 Å². The molecule has 0 bridgehead atoms. The minimum atomic E-state index is -3.74. The third-order valence-corrected chi connectivity index (χ3v) is 4.73. The monoisotopic (exact) mass is 361 g/mol. The fourth-order valence-corrected chi connectivity index (χ4v) is 2.77. The van der Waals surface area contributed by atoms with Crippen LogP contribution >= 0.6 is 0 Å². The molecular weight excluding hydrogens is 338 g/mol. The van der Waals surface area contributed by atoms with Gasteiger partial charge in [-0.3, -0.25) is 4.79 Å². The van der Waals surface area contributed by atoms with Crippen LogP contribution in [0.2, 0.25) is 0 Å². The van der Waals surface area contributed by atoms with Crippen molar-refractivity contribution in [1.82, 2.24) is 0 Å². The maximum Gasteiger partial charge on any atom is 0.246 e. The predicted octanol–water partition coefficient (Wildman–Crippen LogP) is 2.90. The van der Waals surface area contributed by atoms with Crippen molar-refractivity contribution in [3.05, 3.63) is 54.1 Å². The van der Waals surface area contributed by atoms with Crippen LogP contribution in [-0.4, -0.2) is 20.4 Å². The third kappa shape index (κ3) is 5.30. The molecule has 0 spiro atoms. The topological polar surface area (TPSA) is 101 Å². The van der Waals surface area contributed by atoms with Crippen molar-refractivity contribution >= 4 is 27.3 Å². The smallest absolute Gasteiger partial charge is 0.246 e. The van der Waals surface area contributed by atoms with Crippen LogP contribution in [0.4, 0.5) is 11.4 Å². The van der Waals surface area contributed by atoms with Crippen LogP contribution in [0.5, 0.6) is 0 Å². The number of anilines is 2. The summed E-state index contributed by atoms with van der Waals surface area (Å²) in [6.07, 6.45) is 0. The lowest BCUT2D eigenvalue weighted by Crippen LogP contribution is -2.31. The quantitative estimate of drug-likeness (QED) is 0.736. The summed E-state index contributed by atoms with van der Waals surface area (Å²) in [5.74, 6) is 0.228. The lowest BCUT2D eigenvalue weighted by Gasteiger charge is -2.16. The molecule has 0 saturated carbocycles. The van der Waals surface area contributed by atoms with Gasteiger partial charge in [0, 0.05) is 11.4 Å². The van der Waals surface area contributed by atoms with E-state index in [4.69, 9.17) is 5.14 Å². The molecule has 2 aromatic carbocycles. The molecule has 0 aliphatic heterocycles. The Hall–Kier alpha value is -2.38. The number of carbonyl (C=O) groups is 1. The summed E-state index contributed by atoms with van der Waals surface area (Å²) in [7, 11) is -3.74. The first-order valence-electron chi connectivity index (χ1n) is 7.97. The molecule has 7 heteroatoms. The molecule has 4 N–H and O–H groups in total. The van der Waals surface area contributed by atoms with Crippen molar-refractivity contribution in [2.45, 2.75) is 37.6 Å². The molecule has 6 nitrogen and oxygen atoms in total. The van der Waals surface area contributed by atoms with Crippen LogP contribution in [0, 0.1) is 0 Å². The minimum absolute atomic E-state index is 0.00177. The molecule has 25 heavy (non-hydrogen) atoms.